The van der Waals surface area contributed by atoms with Crippen LogP contribution < -0.4 is 4.90 Å². The minimum absolute atomic E-state index is 0. The molecular weight excluding hydrogens is 589 g/mol. The fourth-order valence-corrected chi connectivity index (χ4v) is 15.6. The van der Waals surface area contributed by atoms with Crippen molar-refractivity contribution in [1.82, 2.24) is 0 Å². The van der Waals surface area contributed by atoms with Crippen molar-refractivity contribution in [1.29, 1.82) is 0 Å². The average molecular weight is 642 g/mol. The van der Waals surface area contributed by atoms with Gasteiger partial charge in [0.05, 0.1) is 8.07 Å². The number of hydrogen-bond acceptors (Lipinski definition) is 1. The molecule has 1 nitrogen and oxygen atoms in total. The Morgan fingerprint density at radius 3 is 2.00 bits per heavy atom. The van der Waals surface area contributed by atoms with Gasteiger partial charge >= 0.3 is 37.9 Å². The fourth-order valence-electron chi connectivity index (χ4n) is 10.2. The van der Waals surface area contributed by atoms with Gasteiger partial charge in [-0.2, -0.15) is 0 Å². The van der Waals surface area contributed by atoms with Crippen LogP contribution in [0.3, 0.4) is 0 Å². The molecule has 8 atom stereocenters. The van der Waals surface area contributed by atoms with Gasteiger partial charge in [-0.25, -0.2) is 0 Å². The van der Waals surface area contributed by atoms with Crippen molar-refractivity contribution in [3.63, 3.8) is 0 Å². The molecule has 1 heterocycles. The first kappa shape index (κ1) is 32.2. The van der Waals surface area contributed by atoms with Crippen LogP contribution in [-0.2, 0) is 20.8 Å². The maximum absolute atomic E-state index is 4.93. The normalized spacial score (nSPS) is 36.6. The molecule has 1 aromatic carbocycles. The molecule has 6 rings (SSSR count). The average Bonchev–Trinajstić information content (AvgIpc) is 3.56. The number of benzene rings is 1. The van der Waals surface area contributed by atoms with Crippen LogP contribution >= 0.6 is 17.0 Å². The summed E-state index contributed by atoms with van der Waals surface area (Å²) in [5, 5.41) is 0. The van der Waals surface area contributed by atoms with Crippen LogP contribution in [0.5, 0.6) is 0 Å². The number of hydrogen-bond donors (Lipinski definition) is 0. The summed E-state index contributed by atoms with van der Waals surface area (Å²) in [6, 6.07) is 11.4. The molecule has 4 aliphatic carbocycles. The van der Waals surface area contributed by atoms with Crippen LogP contribution in [0.2, 0.25) is 24.2 Å². The second-order valence-corrected chi connectivity index (χ2v) is 22.3. The molecule has 208 valence electrons. The molecule has 37 heavy (non-hydrogen) atoms. The molecule has 1 saturated heterocycles. The molecule has 0 spiro atoms. The summed E-state index contributed by atoms with van der Waals surface area (Å²) in [5.74, 6) is 4.93. The molecule has 4 saturated carbocycles. The SMILES string of the molecule is Cc1ccc(N2C3CCC(C)CC3C3C2C2CCCCC2C3[Si](C)(C)C2CCCC2)cc1.[CH3-].[CH3-].[Cl][Zr+2][Cl]. The predicted molar refractivity (Wildman–Crippen MR) is 165 cm³/mol. The van der Waals surface area contributed by atoms with Gasteiger partial charge in [0.2, 0.25) is 0 Å². The molecule has 8 unspecified atom stereocenters. The van der Waals surface area contributed by atoms with E-state index in [-0.39, 0.29) is 14.9 Å². The summed E-state index contributed by atoms with van der Waals surface area (Å²) in [7, 11) is 8.57. The van der Waals surface area contributed by atoms with E-state index < -0.39 is 28.9 Å². The molecular formula is C32H53Cl2NSiZr. The Hall–Kier alpha value is 0.700. The first-order valence-corrected chi connectivity index (χ1v) is 24.2. The number of anilines is 1. The van der Waals surface area contributed by atoms with Crippen LogP contribution in [0.15, 0.2) is 24.3 Å². The summed E-state index contributed by atoms with van der Waals surface area (Å²) < 4.78 is 0. The molecule has 0 amide bonds. The summed E-state index contributed by atoms with van der Waals surface area (Å²) in [6.07, 6.45) is 16.7. The zero-order valence-corrected chi connectivity index (χ0v) is 29.5. The molecule has 0 aromatic heterocycles. The van der Waals surface area contributed by atoms with E-state index >= 15 is 0 Å². The molecule has 1 aliphatic heterocycles. The molecule has 0 radical (unpaired) electrons. The van der Waals surface area contributed by atoms with E-state index in [1.807, 2.05) is 0 Å². The zero-order chi connectivity index (χ0) is 24.7. The number of aryl methyl sites for hydroxylation is 1. The molecule has 1 aromatic rings. The van der Waals surface area contributed by atoms with Crippen molar-refractivity contribution >= 4 is 30.8 Å². The van der Waals surface area contributed by atoms with Crippen molar-refractivity contribution in [3.8, 4) is 0 Å². The van der Waals surface area contributed by atoms with Crippen LogP contribution in [0.25, 0.3) is 0 Å². The van der Waals surface area contributed by atoms with E-state index in [1.165, 1.54) is 56.9 Å². The quantitative estimate of drug-likeness (QED) is 0.234. The fraction of sp³-hybridized carbons (Fsp3) is 0.750. The van der Waals surface area contributed by atoms with Crippen molar-refractivity contribution in [2.45, 2.75) is 121 Å². The number of rotatable bonds is 3. The van der Waals surface area contributed by atoms with E-state index in [1.54, 1.807) is 24.9 Å². The molecule has 5 fully saturated rings. The van der Waals surface area contributed by atoms with Gasteiger partial charge in [-0.15, -0.1) is 0 Å². The summed E-state index contributed by atoms with van der Waals surface area (Å²) in [5.41, 5.74) is 5.18. The Morgan fingerprint density at radius 2 is 1.38 bits per heavy atom. The van der Waals surface area contributed by atoms with Gasteiger partial charge in [0.1, 0.15) is 0 Å². The van der Waals surface area contributed by atoms with E-state index in [4.69, 9.17) is 17.0 Å². The van der Waals surface area contributed by atoms with Gasteiger partial charge in [0.15, 0.2) is 0 Å². The topological polar surface area (TPSA) is 3.24 Å². The van der Waals surface area contributed by atoms with E-state index in [2.05, 4.69) is 56.1 Å². The maximum atomic E-state index is 4.93. The third-order valence-corrected chi connectivity index (χ3v) is 16.7. The van der Waals surface area contributed by atoms with Gasteiger partial charge in [-0.05, 0) is 85.4 Å². The molecule has 0 N–H and O–H groups in total. The second kappa shape index (κ2) is 13.6. The summed E-state index contributed by atoms with van der Waals surface area (Å²) in [6.45, 7) is 10.6. The first-order valence-electron chi connectivity index (χ1n) is 14.7. The Morgan fingerprint density at radius 1 is 0.811 bits per heavy atom. The predicted octanol–water partition coefficient (Wildman–Crippen LogP) is 10.7. The third-order valence-electron chi connectivity index (χ3n) is 11.5. The van der Waals surface area contributed by atoms with Crippen molar-refractivity contribution in [3.05, 3.63) is 44.7 Å². The number of fused-ring (bicyclic) bond motifs is 5. The summed E-state index contributed by atoms with van der Waals surface area (Å²) >= 11 is -0.826. The molecule has 0 bridgehead atoms. The molecule has 5 aliphatic rings. The molecule has 5 heteroatoms. The van der Waals surface area contributed by atoms with Crippen LogP contribution in [0, 0.1) is 51.4 Å². The van der Waals surface area contributed by atoms with E-state index in [9.17, 15) is 0 Å². The van der Waals surface area contributed by atoms with Crippen LogP contribution in [0.1, 0.15) is 83.1 Å². The van der Waals surface area contributed by atoms with Gasteiger partial charge in [0.25, 0.3) is 0 Å². The monoisotopic (exact) mass is 639 g/mol. The standard InChI is InChI=1S/C30H47NSi.2CH3.2ClH.Zr/c1-20-13-16-22(17-14-20)31-27-18-15-21(2)19-26(27)28-29(31)24-11-7-8-12-25(24)30(28)32(3,4)23-9-5-6-10-23;;;;;/h13-14,16-17,21,23-30H,5-12,15,18-19H2,1-4H3;2*1H3;2*1H;/q;2*-1;;;+4/p-2. The van der Waals surface area contributed by atoms with Crippen molar-refractivity contribution in [2.24, 2.45) is 29.6 Å². The number of nitrogens with zero attached hydrogens (tertiary/aromatic N) is 1. The third kappa shape index (κ3) is 6.02. The van der Waals surface area contributed by atoms with Gasteiger partial charge < -0.3 is 19.8 Å². The first-order chi connectivity index (χ1) is 16.9. The summed E-state index contributed by atoms with van der Waals surface area (Å²) in [4.78, 5) is 3.07. The van der Waals surface area contributed by atoms with E-state index in [0.29, 0.717) is 0 Å². The Bertz CT molecular complexity index is 842. The van der Waals surface area contributed by atoms with Crippen molar-refractivity contribution in [2.75, 3.05) is 4.90 Å². The Kier molecular flexibility index (Phi) is 11.8. The second-order valence-electron chi connectivity index (χ2n) is 13.5. The van der Waals surface area contributed by atoms with Gasteiger partial charge in [0, 0.05) is 17.8 Å². The van der Waals surface area contributed by atoms with Gasteiger partial charge in [-0.3, -0.25) is 0 Å². The minimum atomic E-state index is -1.30. The van der Waals surface area contributed by atoms with Gasteiger partial charge in [-0.1, -0.05) is 82.7 Å². The van der Waals surface area contributed by atoms with E-state index in [0.717, 1.165) is 52.8 Å². The Labute approximate surface area is 249 Å². The van der Waals surface area contributed by atoms with Crippen molar-refractivity contribution < 1.29 is 20.8 Å². The number of halogens is 2. The zero-order valence-electron chi connectivity index (χ0n) is 24.5. The van der Waals surface area contributed by atoms with Crippen LogP contribution in [0.4, 0.5) is 5.69 Å². The van der Waals surface area contributed by atoms with Crippen LogP contribution in [-0.4, -0.2) is 20.2 Å². The Balaban J connectivity index is 0.000000727.